The van der Waals surface area contributed by atoms with E-state index in [4.69, 9.17) is 4.74 Å². The highest BCUT2D eigenvalue weighted by Gasteiger charge is 2.27. The predicted molar refractivity (Wildman–Crippen MR) is 91.4 cm³/mol. The molecule has 0 fully saturated rings. The molecule has 0 bridgehead atoms. The molecule has 1 aromatic heterocycles. The zero-order valence-corrected chi connectivity index (χ0v) is 15.1. The monoisotopic (exact) mass is 388 g/mol. The molecule has 5 nitrogen and oxygen atoms in total. The van der Waals surface area contributed by atoms with E-state index in [2.05, 4.69) is 15.0 Å². The summed E-state index contributed by atoms with van der Waals surface area (Å²) in [6.45, 7) is 2.19. The lowest BCUT2D eigenvalue weighted by Crippen LogP contribution is -2.36. The number of amides is 1. The number of nitrogens with zero attached hydrogens (tertiary/aromatic N) is 1. The Morgan fingerprint density at radius 1 is 1.38 bits per heavy atom. The fourth-order valence-electron chi connectivity index (χ4n) is 2.06. The second-order valence-corrected chi connectivity index (χ2v) is 6.74. The molecule has 9 heteroatoms. The van der Waals surface area contributed by atoms with E-state index in [0.29, 0.717) is 11.3 Å². The Bertz CT molecular complexity index is 734. The summed E-state index contributed by atoms with van der Waals surface area (Å²) in [6.07, 6.45) is -4.38. The maximum Gasteiger partial charge on any atom is 0.411 e. The van der Waals surface area contributed by atoms with Crippen LogP contribution in [0.2, 0.25) is 0 Å². The van der Waals surface area contributed by atoms with Gasteiger partial charge in [0.05, 0.1) is 17.3 Å². The summed E-state index contributed by atoms with van der Waals surface area (Å²) in [6, 6.07) is 5.98. The highest BCUT2D eigenvalue weighted by atomic mass is 32.1. The number of aromatic nitrogens is 1. The summed E-state index contributed by atoms with van der Waals surface area (Å²) in [5.74, 6) is 0.0901. The molecular formula is C17H19F3N2O3S. The number of benzene rings is 1. The van der Waals surface area contributed by atoms with Crippen molar-refractivity contribution in [2.45, 2.75) is 32.7 Å². The Balaban J connectivity index is 1.84. The molecule has 1 atom stereocenters. The smallest absolute Gasteiger partial charge is 0.411 e. The van der Waals surface area contributed by atoms with Crippen molar-refractivity contribution in [3.8, 4) is 5.75 Å². The van der Waals surface area contributed by atoms with Gasteiger partial charge in [0, 0.05) is 17.0 Å². The molecule has 0 saturated carbocycles. The number of aryl methyl sites for hydroxylation is 1. The summed E-state index contributed by atoms with van der Waals surface area (Å²) in [5, 5.41) is 5.43. The first-order valence-corrected chi connectivity index (χ1v) is 8.70. The van der Waals surface area contributed by atoms with Gasteiger partial charge in [-0.2, -0.15) is 13.2 Å². The first-order chi connectivity index (χ1) is 12.2. The van der Waals surface area contributed by atoms with E-state index < -0.39 is 24.7 Å². The van der Waals surface area contributed by atoms with Crippen LogP contribution in [0.5, 0.6) is 5.75 Å². The average Bonchev–Trinajstić information content (AvgIpc) is 2.97. The quantitative estimate of drug-likeness (QED) is 0.749. The first kappa shape index (κ1) is 20.2. The van der Waals surface area contributed by atoms with Crippen LogP contribution in [0.3, 0.4) is 0 Å². The minimum absolute atomic E-state index is 0.232. The van der Waals surface area contributed by atoms with Crippen LogP contribution >= 0.6 is 11.3 Å². The largest absolute Gasteiger partial charge is 0.487 e. The number of halogens is 3. The molecule has 142 valence electrons. The summed E-state index contributed by atoms with van der Waals surface area (Å²) >= 11 is 1.52. The van der Waals surface area contributed by atoms with E-state index in [0.717, 1.165) is 10.7 Å². The number of alkyl halides is 3. The molecule has 0 aliphatic rings. The summed E-state index contributed by atoms with van der Waals surface area (Å²) in [5.41, 5.74) is 1.15. The zero-order valence-electron chi connectivity index (χ0n) is 14.3. The number of hydrogen-bond acceptors (Lipinski definition) is 5. The van der Waals surface area contributed by atoms with Gasteiger partial charge in [-0.15, -0.1) is 11.3 Å². The van der Waals surface area contributed by atoms with Crippen LogP contribution in [0.15, 0.2) is 29.6 Å². The van der Waals surface area contributed by atoms with Gasteiger partial charge in [0.25, 0.3) is 5.91 Å². The van der Waals surface area contributed by atoms with Crippen molar-refractivity contribution in [3.63, 3.8) is 0 Å². The molecule has 2 rings (SSSR count). The third-order valence-electron chi connectivity index (χ3n) is 3.16. The number of carbonyl (C=O) groups is 1. The van der Waals surface area contributed by atoms with Crippen molar-refractivity contribution < 1.29 is 27.4 Å². The number of carbonyl (C=O) groups excluding carboxylic acids is 1. The van der Waals surface area contributed by atoms with Crippen molar-refractivity contribution in [3.05, 3.63) is 45.9 Å². The normalized spacial score (nSPS) is 12.7. The number of rotatable bonds is 8. The van der Waals surface area contributed by atoms with Crippen molar-refractivity contribution in [2.75, 3.05) is 13.2 Å². The molecule has 1 unspecified atom stereocenters. The Morgan fingerprint density at radius 2 is 2.15 bits per heavy atom. The average molecular weight is 388 g/mol. The lowest BCUT2D eigenvalue weighted by Gasteiger charge is -2.15. The van der Waals surface area contributed by atoms with Crippen molar-refractivity contribution >= 4 is 17.2 Å². The van der Waals surface area contributed by atoms with Gasteiger partial charge in [0.2, 0.25) is 0 Å². The number of nitrogens with one attached hydrogen (secondary N) is 1. The molecule has 1 heterocycles. The predicted octanol–water partition coefficient (Wildman–Crippen LogP) is 3.73. The lowest BCUT2D eigenvalue weighted by molar-refractivity contribution is -0.174. The van der Waals surface area contributed by atoms with E-state index in [1.165, 1.54) is 11.3 Å². The van der Waals surface area contributed by atoms with Crippen LogP contribution in [-0.2, 0) is 11.3 Å². The standard InChI is InChI=1S/C17H19F3N2O3S/c1-11(7-24-10-17(18,19)20)21-16(23)13-4-3-5-15(6-13)25-8-14-9-26-12(2)22-14/h3-6,9,11H,7-8,10H2,1-2H3,(H,21,23). The van der Waals surface area contributed by atoms with E-state index in [1.54, 1.807) is 31.2 Å². The summed E-state index contributed by atoms with van der Waals surface area (Å²) in [4.78, 5) is 16.5. The molecule has 0 spiro atoms. The fourth-order valence-corrected chi connectivity index (χ4v) is 2.66. The highest BCUT2D eigenvalue weighted by Crippen LogP contribution is 2.17. The summed E-state index contributed by atoms with van der Waals surface area (Å²) < 4.78 is 46.3. The van der Waals surface area contributed by atoms with E-state index in [1.807, 2.05) is 12.3 Å². The molecule has 1 amide bonds. The van der Waals surface area contributed by atoms with Crippen molar-refractivity contribution in [1.82, 2.24) is 10.3 Å². The topological polar surface area (TPSA) is 60.5 Å². The molecule has 1 N–H and O–H groups in total. The van der Waals surface area contributed by atoms with Crippen molar-refractivity contribution in [2.24, 2.45) is 0 Å². The minimum Gasteiger partial charge on any atom is -0.487 e. The van der Waals surface area contributed by atoms with Gasteiger partial charge in [-0.25, -0.2) is 4.98 Å². The van der Waals surface area contributed by atoms with Gasteiger partial charge in [-0.1, -0.05) is 6.07 Å². The Labute approximate surface area is 153 Å². The van der Waals surface area contributed by atoms with Gasteiger partial charge >= 0.3 is 6.18 Å². The molecule has 26 heavy (non-hydrogen) atoms. The van der Waals surface area contributed by atoms with Crippen LogP contribution < -0.4 is 10.1 Å². The van der Waals surface area contributed by atoms with Crippen LogP contribution in [0.1, 0.15) is 28.0 Å². The van der Waals surface area contributed by atoms with Crippen LogP contribution in [0.4, 0.5) is 13.2 Å². The molecule has 0 aliphatic heterocycles. The Morgan fingerprint density at radius 3 is 2.81 bits per heavy atom. The maximum absolute atomic E-state index is 12.2. The molecule has 0 saturated heterocycles. The third kappa shape index (κ3) is 7.01. The second kappa shape index (κ2) is 9.00. The van der Waals surface area contributed by atoms with Gasteiger partial charge in [-0.3, -0.25) is 4.79 Å². The van der Waals surface area contributed by atoms with Gasteiger partial charge < -0.3 is 14.8 Å². The highest BCUT2D eigenvalue weighted by molar-refractivity contribution is 7.09. The van der Waals surface area contributed by atoms with Crippen LogP contribution in [-0.4, -0.2) is 36.3 Å². The molecular weight excluding hydrogens is 369 g/mol. The van der Waals surface area contributed by atoms with Crippen molar-refractivity contribution in [1.29, 1.82) is 0 Å². The van der Waals surface area contributed by atoms with E-state index in [-0.39, 0.29) is 13.2 Å². The Kier molecular flexibility index (Phi) is 6.98. The maximum atomic E-state index is 12.2. The molecule has 0 radical (unpaired) electrons. The summed E-state index contributed by atoms with van der Waals surface area (Å²) in [7, 11) is 0. The lowest BCUT2D eigenvalue weighted by atomic mass is 10.2. The van der Waals surface area contributed by atoms with Gasteiger partial charge in [-0.05, 0) is 32.0 Å². The van der Waals surface area contributed by atoms with E-state index >= 15 is 0 Å². The van der Waals surface area contributed by atoms with Gasteiger partial charge in [0.1, 0.15) is 19.0 Å². The number of ether oxygens (including phenoxy) is 2. The third-order valence-corrected chi connectivity index (χ3v) is 3.98. The number of thiazole rings is 1. The van der Waals surface area contributed by atoms with E-state index in [9.17, 15) is 18.0 Å². The zero-order chi connectivity index (χ0) is 19.2. The number of hydrogen-bond donors (Lipinski definition) is 1. The molecule has 1 aromatic carbocycles. The van der Waals surface area contributed by atoms with Crippen LogP contribution in [0, 0.1) is 6.92 Å². The first-order valence-electron chi connectivity index (χ1n) is 7.82. The Hall–Kier alpha value is -2.13. The minimum atomic E-state index is -4.38. The van der Waals surface area contributed by atoms with Gasteiger partial charge in [0.15, 0.2) is 0 Å². The SMILES string of the molecule is Cc1nc(COc2cccc(C(=O)NC(C)COCC(F)(F)F)c2)cs1. The van der Waals surface area contributed by atoms with Crippen LogP contribution in [0.25, 0.3) is 0 Å². The molecule has 2 aromatic rings. The fraction of sp³-hybridized carbons (Fsp3) is 0.412. The second-order valence-electron chi connectivity index (χ2n) is 5.68. The molecule has 0 aliphatic carbocycles.